The molecule has 0 saturated heterocycles. The van der Waals surface area contributed by atoms with Crippen LogP contribution in [0.15, 0.2) is 36.4 Å². The van der Waals surface area contributed by atoms with Crippen LogP contribution in [0, 0.1) is 6.92 Å². The Morgan fingerprint density at radius 3 is 2.42 bits per heavy atom. The Labute approximate surface area is 156 Å². The van der Waals surface area contributed by atoms with E-state index in [1.165, 1.54) is 0 Å². The number of nitrogens with two attached hydrogens (primary N) is 1. The summed E-state index contributed by atoms with van der Waals surface area (Å²) in [6, 6.07) is 11.2. The molecule has 1 amide bonds. The van der Waals surface area contributed by atoms with Crippen LogP contribution in [0.3, 0.4) is 0 Å². The Morgan fingerprint density at radius 1 is 1.12 bits per heavy atom. The first-order chi connectivity index (χ1) is 12.5. The highest BCUT2D eigenvalue weighted by molar-refractivity contribution is 6.05. The van der Waals surface area contributed by atoms with Crippen LogP contribution in [-0.4, -0.2) is 25.6 Å². The van der Waals surface area contributed by atoms with Gasteiger partial charge < -0.3 is 20.7 Å². The van der Waals surface area contributed by atoms with Gasteiger partial charge in [0, 0.05) is 30.0 Å². The number of nitrogens with one attached hydrogen (secondary N) is 1. The van der Waals surface area contributed by atoms with Crippen LogP contribution in [0.4, 0.5) is 17.1 Å². The van der Waals surface area contributed by atoms with Gasteiger partial charge in [0.05, 0.1) is 12.3 Å². The number of carbonyl (C=O) groups excluding carboxylic acids is 1. The van der Waals surface area contributed by atoms with E-state index in [1.807, 2.05) is 26.0 Å². The zero-order valence-corrected chi connectivity index (χ0v) is 16.1. The van der Waals surface area contributed by atoms with Gasteiger partial charge in [0.25, 0.3) is 5.91 Å². The summed E-state index contributed by atoms with van der Waals surface area (Å²) >= 11 is 0. The Hall–Kier alpha value is -2.69. The number of amides is 1. The smallest absolute Gasteiger partial charge is 0.255 e. The van der Waals surface area contributed by atoms with E-state index in [9.17, 15) is 4.79 Å². The van der Waals surface area contributed by atoms with Crippen LogP contribution in [-0.2, 0) is 0 Å². The molecule has 2 aromatic carbocycles. The molecule has 2 rings (SSSR count). The van der Waals surface area contributed by atoms with E-state index in [2.05, 4.69) is 30.1 Å². The third-order valence-corrected chi connectivity index (χ3v) is 4.32. The quantitative estimate of drug-likeness (QED) is 0.686. The monoisotopic (exact) mass is 355 g/mol. The number of rotatable bonds is 8. The van der Waals surface area contributed by atoms with Crippen molar-refractivity contribution in [3.63, 3.8) is 0 Å². The summed E-state index contributed by atoms with van der Waals surface area (Å²) in [6.07, 6.45) is 0.907. The van der Waals surface area contributed by atoms with E-state index in [0.717, 1.165) is 36.4 Å². The van der Waals surface area contributed by atoms with Gasteiger partial charge in [-0.05, 0) is 69.2 Å². The fourth-order valence-electron chi connectivity index (χ4n) is 2.80. The molecule has 0 saturated carbocycles. The second kappa shape index (κ2) is 9.13. The molecule has 0 bridgehead atoms. The van der Waals surface area contributed by atoms with Gasteiger partial charge in [-0.3, -0.25) is 4.79 Å². The van der Waals surface area contributed by atoms with Gasteiger partial charge in [0.1, 0.15) is 5.75 Å². The number of anilines is 3. The number of hydrogen-bond donors (Lipinski definition) is 2. The zero-order valence-electron chi connectivity index (χ0n) is 16.1. The molecule has 5 heteroatoms. The zero-order chi connectivity index (χ0) is 19.1. The van der Waals surface area contributed by atoms with Crippen LogP contribution in [0.2, 0.25) is 0 Å². The van der Waals surface area contributed by atoms with Crippen molar-refractivity contribution in [1.29, 1.82) is 0 Å². The Morgan fingerprint density at radius 2 is 1.85 bits per heavy atom. The fourth-order valence-corrected chi connectivity index (χ4v) is 2.80. The highest BCUT2D eigenvalue weighted by atomic mass is 16.5. The molecule has 0 heterocycles. The topological polar surface area (TPSA) is 67.6 Å². The van der Waals surface area contributed by atoms with Gasteiger partial charge in [-0.1, -0.05) is 6.92 Å². The average molecular weight is 355 g/mol. The van der Waals surface area contributed by atoms with Crippen LogP contribution >= 0.6 is 0 Å². The molecule has 0 spiro atoms. The van der Waals surface area contributed by atoms with Crippen molar-refractivity contribution < 1.29 is 9.53 Å². The van der Waals surface area contributed by atoms with Crippen molar-refractivity contribution in [3.8, 4) is 5.75 Å². The number of aryl methyl sites for hydroxylation is 1. The lowest BCUT2D eigenvalue weighted by Crippen LogP contribution is -2.22. The molecule has 0 unspecified atom stereocenters. The largest absolute Gasteiger partial charge is 0.491 e. The normalized spacial score (nSPS) is 10.5. The first-order valence-electron chi connectivity index (χ1n) is 9.19. The van der Waals surface area contributed by atoms with Crippen molar-refractivity contribution in [1.82, 2.24) is 0 Å². The summed E-state index contributed by atoms with van der Waals surface area (Å²) in [6.45, 7) is 10.8. The Kier molecular flexibility index (Phi) is 6.89. The van der Waals surface area contributed by atoms with Gasteiger partial charge in [0.2, 0.25) is 0 Å². The minimum atomic E-state index is -0.183. The third kappa shape index (κ3) is 4.69. The number of carbonyl (C=O) groups is 1. The van der Waals surface area contributed by atoms with E-state index in [-0.39, 0.29) is 5.91 Å². The molecule has 0 atom stereocenters. The molecule has 0 fully saturated rings. The summed E-state index contributed by atoms with van der Waals surface area (Å²) < 4.78 is 5.55. The van der Waals surface area contributed by atoms with Gasteiger partial charge in [-0.15, -0.1) is 0 Å². The van der Waals surface area contributed by atoms with E-state index in [0.29, 0.717) is 23.6 Å². The molecule has 2 aromatic rings. The van der Waals surface area contributed by atoms with Crippen LogP contribution in [0.1, 0.15) is 43.1 Å². The van der Waals surface area contributed by atoms with Crippen molar-refractivity contribution in [2.75, 3.05) is 35.6 Å². The predicted octanol–water partition coefficient (Wildman–Crippen LogP) is 4.46. The molecule has 0 aliphatic heterocycles. The number of hydrogen-bond acceptors (Lipinski definition) is 4. The highest BCUT2D eigenvalue weighted by Crippen LogP contribution is 2.25. The maximum Gasteiger partial charge on any atom is 0.255 e. The van der Waals surface area contributed by atoms with Crippen molar-refractivity contribution in [2.24, 2.45) is 0 Å². The highest BCUT2D eigenvalue weighted by Gasteiger charge is 2.11. The lowest BCUT2D eigenvalue weighted by Gasteiger charge is -2.22. The lowest BCUT2D eigenvalue weighted by molar-refractivity contribution is 0.102. The molecule has 0 aromatic heterocycles. The molecule has 0 aliphatic rings. The van der Waals surface area contributed by atoms with Crippen LogP contribution < -0.4 is 20.7 Å². The molecule has 26 heavy (non-hydrogen) atoms. The molecular formula is C21H29N3O2. The summed E-state index contributed by atoms with van der Waals surface area (Å²) in [7, 11) is 0. The molecule has 5 nitrogen and oxygen atoms in total. The Bertz CT molecular complexity index is 755. The number of nitrogen functional groups attached to an aromatic ring is 1. The van der Waals surface area contributed by atoms with E-state index in [4.69, 9.17) is 10.5 Å². The molecular weight excluding hydrogens is 326 g/mol. The number of benzene rings is 2. The number of ether oxygens (including phenoxy) is 1. The van der Waals surface area contributed by atoms with Crippen molar-refractivity contribution >= 4 is 23.0 Å². The standard InChI is InChI=1S/C21H29N3O2/c1-5-12-26-20-11-8-16(14-18(20)22)21(25)23-19-10-9-17(13-15(19)4)24(6-2)7-3/h8-11,13-14H,5-7,12,22H2,1-4H3,(H,23,25). The van der Waals surface area contributed by atoms with Crippen molar-refractivity contribution in [2.45, 2.75) is 34.1 Å². The summed E-state index contributed by atoms with van der Waals surface area (Å²) in [5.74, 6) is 0.431. The van der Waals surface area contributed by atoms with Gasteiger partial charge >= 0.3 is 0 Å². The maximum absolute atomic E-state index is 12.6. The lowest BCUT2D eigenvalue weighted by atomic mass is 10.1. The molecule has 3 N–H and O–H groups in total. The maximum atomic E-state index is 12.6. The summed E-state index contributed by atoms with van der Waals surface area (Å²) in [4.78, 5) is 14.8. The first kappa shape index (κ1) is 19.6. The summed E-state index contributed by atoms with van der Waals surface area (Å²) in [5.41, 5.74) is 9.97. The Balaban J connectivity index is 2.13. The third-order valence-electron chi connectivity index (χ3n) is 4.32. The van der Waals surface area contributed by atoms with Crippen molar-refractivity contribution in [3.05, 3.63) is 47.5 Å². The second-order valence-electron chi connectivity index (χ2n) is 6.23. The SMILES string of the molecule is CCCOc1ccc(C(=O)Nc2ccc(N(CC)CC)cc2C)cc1N. The molecule has 140 valence electrons. The summed E-state index contributed by atoms with van der Waals surface area (Å²) in [5, 5.41) is 2.96. The molecule has 0 aliphatic carbocycles. The van der Waals surface area contributed by atoms with Crippen LogP contribution in [0.25, 0.3) is 0 Å². The van der Waals surface area contributed by atoms with Gasteiger partial charge in [0.15, 0.2) is 0 Å². The van der Waals surface area contributed by atoms with Gasteiger partial charge in [-0.2, -0.15) is 0 Å². The number of nitrogens with zero attached hydrogens (tertiary/aromatic N) is 1. The van der Waals surface area contributed by atoms with E-state index in [1.54, 1.807) is 18.2 Å². The minimum absolute atomic E-state index is 0.183. The molecule has 0 radical (unpaired) electrons. The first-order valence-corrected chi connectivity index (χ1v) is 9.19. The fraction of sp³-hybridized carbons (Fsp3) is 0.381. The average Bonchev–Trinajstić information content (AvgIpc) is 2.63. The predicted molar refractivity (Wildman–Crippen MR) is 109 cm³/mol. The van der Waals surface area contributed by atoms with Crippen LogP contribution in [0.5, 0.6) is 5.75 Å². The van der Waals surface area contributed by atoms with E-state index < -0.39 is 0 Å². The minimum Gasteiger partial charge on any atom is -0.491 e. The van der Waals surface area contributed by atoms with Gasteiger partial charge in [-0.25, -0.2) is 0 Å². The van der Waals surface area contributed by atoms with E-state index >= 15 is 0 Å². The second-order valence-corrected chi connectivity index (χ2v) is 6.23.